The molecular formula is C15H14Cl3N3OS. The molecule has 0 spiro atoms. The van der Waals surface area contributed by atoms with Crippen LogP contribution in [-0.4, -0.2) is 14.5 Å². The van der Waals surface area contributed by atoms with Gasteiger partial charge in [0.1, 0.15) is 6.10 Å². The third kappa shape index (κ3) is 4.93. The molecule has 1 unspecified atom stereocenters. The van der Waals surface area contributed by atoms with Crippen LogP contribution in [0.25, 0.3) is 0 Å². The van der Waals surface area contributed by atoms with Crippen molar-refractivity contribution in [3.63, 3.8) is 0 Å². The second kappa shape index (κ2) is 8.66. The van der Waals surface area contributed by atoms with Crippen molar-refractivity contribution in [1.82, 2.24) is 14.5 Å². The smallest absolute Gasteiger partial charge is 0.102 e. The van der Waals surface area contributed by atoms with E-state index in [2.05, 4.69) is 9.97 Å². The number of hydrogen-bond acceptors (Lipinski definition) is 4. The number of hydrogen-bond donors (Lipinski definition) is 0. The highest BCUT2D eigenvalue weighted by molar-refractivity contribution is 7.07. The maximum absolute atomic E-state index is 6.32. The monoisotopic (exact) mass is 389 g/mol. The van der Waals surface area contributed by atoms with Gasteiger partial charge in [0.15, 0.2) is 0 Å². The summed E-state index contributed by atoms with van der Waals surface area (Å²) in [5, 5.41) is 3.17. The van der Waals surface area contributed by atoms with E-state index in [0.717, 1.165) is 11.3 Å². The first-order valence-corrected chi connectivity index (χ1v) is 8.31. The molecule has 4 nitrogen and oxygen atoms in total. The predicted octanol–water partition coefficient (Wildman–Crippen LogP) is 5.03. The number of aromatic nitrogens is 3. The van der Waals surface area contributed by atoms with Crippen molar-refractivity contribution >= 4 is 46.9 Å². The van der Waals surface area contributed by atoms with Crippen molar-refractivity contribution in [3.8, 4) is 0 Å². The summed E-state index contributed by atoms with van der Waals surface area (Å²) in [6, 6.07) is 5.44. The summed E-state index contributed by atoms with van der Waals surface area (Å²) >= 11 is 13.8. The molecule has 3 rings (SSSR count). The van der Waals surface area contributed by atoms with Crippen LogP contribution in [-0.2, 0) is 17.9 Å². The van der Waals surface area contributed by atoms with E-state index in [1.807, 2.05) is 28.3 Å². The minimum Gasteiger partial charge on any atom is -0.365 e. The van der Waals surface area contributed by atoms with Crippen molar-refractivity contribution < 1.29 is 4.74 Å². The Morgan fingerprint density at radius 1 is 1.30 bits per heavy atom. The third-order valence-corrected chi connectivity index (χ3v) is 4.36. The molecule has 0 radical (unpaired) electrons. The Bertz CT molecular complexity index is 720. The average molecular weight is 391 g/mol. The second-order valence-electron chi connectivity index (χ2n) is 4.70. The van der Waals surface area contributed by atoms with Gasteiger partial charge in [0.2, 0.25) is 0 Å². The van der Waals surface area contributed by atoms with Crippen LogP contribution in [0.15, 0.2) is 47.8 Å². The summed E-state index contributed by atoms with van der Waals surface area (Å²) in [7, 11) is 0. The molecule has 0 aliphatic rings. The van der Waals surface area contributed by atoms with Crippen molar-refractivity contribution in [2.75, 3.05) is 0 Å². The molecule has 8 heteroatoms. The summed E-state index contributed by atoms with van der Waals surface area (Å²) in [6.07, 6.45) is 5.17. The van der Waals surface area contributed by atoms with Gasteiger partial charge >= 0.3 is 0 Å². The van der Waals surface area contributed by atoms with Crippen LogP contribution in [0, 0.1) is 0 Å². The molecule has 1 atom stereocenters. The molecule has 0 aliphatic heterocycles. The molecule has 122 valence electrons. The SMILES string of the molecule is Cl.Clc1ccc(C(Cn2ccnc2)OCc2cscn2)c(Cl)c1. The highest BCUT2D eigenvalue weighted by atomic mass is 35.5. The number of rotatable bonds is 6. The largest absolute Gasteiger partial charge is 0.365 e. The van der Waals surface area contributed by atoms with Gasteiger partial charge in [-0.05, 0) is 12.1 Å². The molecule has 0 amide bonds. The van der Waals surface area contributed by atoms with E-state index < -0.39 is 0 Å². The predicted molar refractivity (Wildman–Crippen MR) is 95.6 cm³/mol. The Kier molecular flexibility index (Phi) is 6.87. The first-order valence-electron chi connectivity index (χ1n) is 6.62. The minimum atomic E-state index is -0.208. The van der Waals surface area contributed by atoms with E-state index in [-0.39, 0.29) is 18.5 Å². The molecular weight excluding hydrogens is 377 g/mol. The Labute approximate surface area is 154 Å². The molecule has 0 aliphatic carbocycles. The summed E-state index contributed by atoms with van der Waals surface area (Å²) in [6.45, 7) is 1.05. The highest BCUT2D eigenvalue weighted by Crippen LogP contribution is 2.30. The fraction of sp³-hybridized carbons (Fsp3) is 0.200. The molecule has 0 bridgehead atoms. The van der Waals surface area contributed by atoms with Crippen LogP contribution in [0.5, 0.6) is 0 Å². The molecule has 0 fully saturated rings. The second-order valence-corrected chi connectivity index (χ2v) is 6.27. The van der Waals surface area contributed by atoms with Crippen molar-refractivity contribution in [1.29, 1.82) is 0 Å². The van der Waals surface area contributed by atoms with Crippen LogP contribution in [0.3, 0.4) is 0 Å². The minimum absolute atomic E-state index is 0. The van der Waals surface area contributed by atoms with Gasteiger partial charge in [0, 0.05) is 33.4 Å². The lowest BCUT2D eigenvalue weighted by molar-refractivity contribution is 0.0265. The number of benzene rings is 1. The van der Waals surface area contributed by atoms with Crippen LogP contribution in [0.4, 0.5) is 0 Å². The Hall–Kier alpha value is -1.11. The molecule has 2 heterocycles. The zero-order valence-electron chi connectivity index (χ0n) is 11.9. The summed E-state index contributed by atoms with van der Waals surface area (Å²) in [5.41, 5.74) is 3.60. The molecule has 1 aromatic carbocycles. The van der Waals surface area contributed by atoms with Crippen LogP contribution in [0.2, 0.25) is 10.0 Å². The lowest BCUT2D eigenvalue weighted by atomic mass is 10.1. The molecule has 2 aromatic heterocycles. The maximum atomic E-state index is 6.32. The molecule has 0 saturated carbocycles. The third-order valence-electron chi connectivity index (χ3n) is 3.16. The number of halogens is 3. The van der Waals surface area contributed by atoms with Crippen molar-refractivity contribution in [3.05, 3.63) is 69.1 Å². The van der Waals surface area contributed by atoms with E-state index in [9.17, 15) is 0 Å². The van der Waals surface area contributed by atoms with Crippen molar-refractivity contribution in [2.24, 2.45) is 0 Å². The fourth-order valence-electron chi connectivity index (χ4n) is 2.08. The molecule has 3 aromatic rings. The standard InChI is InChI=1S/C15H13Cl2N3OS.ClH/c16-11-1-2-13(14(17)5-11)15(6-20-4-3-18-9-20)21-7-12-8-22-10-19-12;/h1-5,8-10,15H,6-7H2;1H. The van der Waals surface area contributed by atoms with Gasteiger partial charge in [-0.25, -0.2) is 9.97 Å². The van der Waals surface area contributed by atoms with Gasteiger partial charge in [0.05, 0.1) is 30.7 Å². The van der Waals surface area contributed by atoms with Gasteiger partial charge in [-0.2, -0.15) is 0 Å². The summed E-state index contributed by atoms with van der Waals surface area (Å²) in [5.74, 6) is 0. The van der Waals surface area contributed by atoms with Gasteiger partial charge in [-0.3, -0.25) is 0 Å². The summed E-state index contributed by atoms with van der Waals surface area (Å²) < 4.78 is 7.99. The first kappa shape index (κ1) is 18.2. The number of nitrogens with zero attached hydrogens (tertiary/aromatic N) is 3. The topological polar surface area (TPSA) is 39.9 Å². The normalized spacial score (nSPS) is 11.9. The Balaban J connectivity index is 0.00000192. The van der Waals surface area contributed by atoms with Crippen molar-refractivity contribution in [2.45, 2.75) is 19.3 Å². The number of imidazole rings is 1. The van der Waals surface area contributed by atoms with Gasteiger partial charge in [0.25, 0.3) is 0 Å². The molecule has 0 N–H and O–H groups in total. The van der Waals surface area contributed by atoms with Gasteiger partial charge in [-0.1, -0.05) is 29.3 Å². The Morgan fingerprint density at radius 3 is 2.83 bits per heavy atom. The first-order chi connectivity index (χ1) is 10.7. The molecule has 0 saturated heterocycles. The maximum Gasteiger partial charge on any atom is 0.102 e. The quantitative estimate of drug-likeness (QED) is 0.593. The molecule has 23 heavy (non-hydrogen) atoms. The lowest BCUT2D eigenvalue weighted by Crippen LogP contribution is -2.12. The van der Waals surface area contributed by atoms with E-state index in [1.54, 1.807) is 35.4 Å². The van der Waals surface area contributed by atoms with E-state index >= 15 is 0 Å². The number of thiazole rings is 1. The average Bonchev–Trinajstić information content (AvgIpc) is 3.17. The van der Waals surface area contributed by atoms with E-state index in [0.29, 0.717) is 23.2 Å². The zero-order valence-corrected chi connectivity index (χ0v) is 15.1. The Morgan fingerprint density at radius 2 is 2.17 bits per heavy atom. The van der Waals surface area contributed by atoms with E-state index in [1.165, 1.54) is 0 Å². The lowest BCUT2D eigenvalue weighted by Gasteiger charge is -2.20. The number of ether oxygens (including phenoxy) is 1. The van der Waals surface area contributed by atoms with Gasteiger partial charge in [-0.15, -0.1) is 23.7 Å². The van der Waals surface area contributed by atoms with Gasteiger partial charge < -0.3 is 9.30 Å². The highest BCUT2D eigenvalue weighted by Gasteiger charge is 2.17. The van der Waals surface area contributed by atoms with Crippen LogP contribution < -0.4 is 0 Å². The van der Waals surface area contributed by atoms with E-state index in [4.69, 9.17) is 27.9 Å². The fourth-order valence-corrected chi connectivity index (χ4v) is 3.16. The summed E-state index contributed by atoms with van der Waals surface area (Å²) in [4.78, 5) is 8.29. The van der Waals surface area contributed by atoms with Crippen LogP contribution >= 0.6 is 46.9 Å². The zero-order chi connectivity index (χ0) is 15.4. The van der Waals surface area contributed by atoms with Crippen LogP contribution in [0.1, 0.15) is 17.4 Å².